The lowest BCUT2D eigenvalue weighted by atomic mass is 10.0. The van der Waals surface area contributed by atoms with Gasteiger partial charge in [0.1, 0.15) is 0 Å². The molecule has 1 unspecified atom stereocenters. The Bertz CT molecular complexity index is 1560. The number of aromatic nitrogens is 2. The van der Waals surface area contributed by atoms with Crippen molar-refractivity contribution in [2.24, 2.45) is 5.14 Å². The summed E-state index contributed by atoms with van der Waals surface area (Å²) in [6.07, 6.45) is 9.50. The van der Waals surface area contributed by atoms with Crippen LogP contribution in [0.1, 0.15) is 47.9 Å². The summed E-state index contributed by atoms with van der Waals surface area (Å²) in [5.74, 6) is 0.626. The largest absolute Gasteiger partial charge is 0.354 e. The Morgan fingerprint density at radius 1 is 0.900 bits per heavy atom. The van der Waals surface area contributed by atoms with E-state index in [2.05, 4.69) is 88.0 Å². The van der Waals surface area contributed by atoms with Crippen molar-refractivity contribution >= 4 is 44.8 Å². The van der Waals surface area contributed by atoms with E-state index < -0.39 is 10.9 Å². The standard InChI is InChI=1S/C31H35N5.H3NO2S/c1-21-7-5-9-28(22(21)2)34-29-10-6-8-25-20-32-31(35-30(25)29)33-26-14-11-23-12-15-27(16-13-24(23)19-26)36-17-3-4-18-36;1-4(2)3/h5-11,14,19-20,27,34H,3-4,12-13,15-18H2,1-2H3,(H,32,33,35);4H,(H2,1,2,3). The van der Waals surface area contributed by atoms with Gasteiger partial charge in [0, 0.05) is 29.0 Å². The molecule has 4 N–H and O–H groups in total. The van der Waals surface area contributed by atoms with E-state index in [1.807, 2.05) is 12.3 Å². The maximum Gasteiger partial charge on any atom is 0.227 e. The number of para-hydroxylation sites is 1. The number of likely N-dealkylation sites (tertiary alicyclic amines) is 1. The molecule has 0 saturated carbocycles. The van der Waals surface area contributed by atoms with Gasteiger partial charge in [-0.25, -0.2) is 23.5 Å². The summed E-state index contributed by atoms with van der Waals surface area (Å²) in [5, 5.41) is 12.2. The molecule has 8 nitrogen and oxygen atoms in total. The van der Waals surface area contributed by atoms with Crippen molar-refractivity contribution in [3.8, 4) is 0 Å². The van der Waals surface area contributed by atoms with Crippen LogP contribution in [0.4, 0.5) is 23.0 Å². The number of thiol groups is 1. The highest BCUT2D eigenvalue weighted by Gasteiger charge is 2.24. The van der Waals surface area contributed by atoms with Crippen LogP contribution in [0.5, 0.6) is 0 Å². The lowest BCUT2D eigenvalue weighted by molar-refractivity contribution is 0.222. The Kier molecular flexibility index (Phi) is 8.94. The number of anilines is 4. The predicted molar refractivity (Wildman–Crippen MR) is 164 cm³/mol. The fraction of sp³-hybridized carbons (Fsp3) is 0.355. The second kappa shape index (κ2) is 12.8. The third-order valence-electron chi connectivity index (χ3n) is 8.10. The number of nitrogens with two attached hydrogens (primary N) is 1. The Morgan fingerprint density at radius 2 is 1.60 bits per heavy atom. The minimum atomic E-state index is -2.62. The van der Waals surface area contributed by atoms with Crippen molar-refractivity contribution in [2.75, 3.05) is 23.7 Å². The highest BCUT2D eigenvalue weighted by Crippen LogP contribution is 2.31. The van der Waals surface area contributed by atoms with E-state index in [0.717, 1.165) is 40.4 Å². The van der Waals surface area contributed by atoms with Gasteiger partial charge in [-0.3, -0.25) is 0 Å². The maximum absolute atomic E-state index is 8.81. The number of fused-ring (bicyclic) bond motifs is 2. The normalized spacial score (nSPS) is 17.1. The van der Waals surface area contributed by atoms with Crippen LogP contribution in [0.3, 0.4) is 0 Å². The summed E-state index contributed by atoms with van der Waals surface area (Å²) in [6.45, 7) is 6.86. The Balaban J connectivity index is 0.000000758. The number of rotatable bonds is 5. The zero-order valence-corrected chi connectivity index (χ0v) is 24.1. The van der Waals surface area contributed by atoms with Crippen LogP contribution in [0, 0.1) is 13.8 Å². The van der Waals surface area contributed by atoms with Crippen molar-refractivity contribution in [2.45, 2.75) is 58.4 Å². The van der Waals surface area contributed by atoms with E-state index in [1.54, 1.807) is 0 Å². The SMILES string of the molecule is Cc1cccc(Nc2cccc3cnc(Nc4ccc5c(c4)CCC(N4CCCC4)CC5)nc23)c1C.N[SH](=O)=O. The third kappa shape index (κ3) is 6.78. The van der Waals surface area contributed by atoms with Crippen LogP contribution in [0.25, 0.3) is 10.9 Å². The second-order valence-electron chi connectivity index (χ2n) is 10.7. The summed E-state index contributed by atoms with van der Waals surface area (Å²) >= 11 is 0. The molecule has 1 aliphatic heterocycles. The van der Waals surface area contributed by atoms with Crippen LogP contribution in [0.2, 0.25) is 0 Å². The lowest BCUT2D eigenvalue weighted by Crippen LogP contribution is -2.32. The van der Waals surface area contributed by atoms with Crippen LogP contribution in [-0.2, 0) is 23.7 Å². The second-order valence-corrected chi connectivity index (χ2v) is 11.2. The molecule has 1 fully saturated rings. The first-order valence-electron chi connectivity index (χ1n) is 14.0. The first-order chi connectivity index (χ1) is 19.4. The van der Waals surface area contributed by atoms with Gasteiger partial charge in [-0.1, -0.05) is 30.3 Å². The summed E-state index contributed by atoms with van der Waals surface area (Å²) in [6, 6.07) is 20.1. The number of aryl methyl sites for hydroxylation is 3. The van der Waals surface area contributed by atoms with E-state index in [9.17, 15) is 0 Å². The number of hydrogen-bond acceptors (Lipinski definition) is 7. The number of nitrogens with one attached hydrogen (secondary N) is 2. The van der Waals surface area contributed by atoms with Gasteiger partial charge in [0.15, 0.2) is 10.9 Å². The van der Waals surface area contributed by atoms with Crippen LogP contribution < -0.4 is 15.8 Å². The molecule has 2 aliphatic rings. The van der Waals surface area contributed by atoms with Crippen molar-refractivity contribution < 1.29 is 8.42 Å². The molecule has 1 aromatic heterocycles. The van der Waals surface area contributed by atoms with Gasteiger partial charge >= 0.3 is 0 Å². The molecule has 0 spiro atoms. The highest BCUT2D eigenvalue weighted by molar-refractivity contribution is 7.69. The zero-order chi connectivity index (χ0) is 28.1. The minimum Gasteiger partial charge on any atom is -0.354 e. The minimum absolute atomic E-state index is 0.626. The molecular formula is C31H38N6O2S. The van der Waals surface area contributed by atoms with Gasteiger partial charge in [0.2, 0.25) is 5.95 Å². The summed E-state index contributed by atoms with van der Waals surface area (Å²) in [5.41, 5.74) is 9.56. The summed E-state index contributed by atoms with van der Waals surface area (Å²) < 4.78 is 17.6. The molecule has 210 valence electrons. The average molecular weight is 559 g/mol. The number of nitrogens with zero attached hydrogens (tertiary/aromatic N) is 3. The smallest absolute Gasteiger partial charge is 0.227 e. The van der Waals surface area contributed by atoms with E-state index in [-0.39, 0.29) is 0 Å². The molecule has 0 bridgehead atoms. The number of benzene rings is 3. The topological polar surface area (TPSA) is 113 Å². The maximum atomic E-state index is 8.81. The zero-order valence-electron chi connectivity index (χ0n) is 23.2. The fourth-order valence-corrected chi connectivity index (χ4v) is 5.82. The quantitative estimate of drug-likeness (QED) is 0.188. The summed E-state index contributed by atoms with van der Waals surface area (Å²) in [7, 11) is -2.62. The molecular weight excluding hydrogens is 520 g/mol. The van der Waals surface area contributed by atoms with Crippen molar-refractivity contribution in [3.05, 3.63) is 83.0 Å². The molecule has 40 heavy (non-hydrogen) atoms. The highest BCUT2D eigenvalue weighted by atomic mass is 32.2. The van der Waals surface area contributed by atoms with Crippen LogP contribution >= 0.6 is 0 Å². The van der Waals surface area contributed by atoms with Crippen LogP contribution in [-0.4, -0.2) is 42.4 Å². The Labute approximate surface area is 238 Å². The van der Waals surface area contributed by atoms with E-state index in [0.29, 0.717) is 5.95 Å². The molecule has 4 aromatic rings. The molecule has 0 radical (unpaired) electrons. The van der Waals surface area contributed by atoms with Gasteiger partial charge in [-0.05, 0) is 112 Å². The number of hydrogen-bond donors (Lipinski definition) is 4. The first kappa shape index (κ1) is 28.0. The molecule has 3 aromatic carbocycles. The Morgan fingerprint density at radius 3 is 2.38 bits per heavy atom. The molecule has 9 heteroatoms. The third-order valence-corrected chi connectivity index (χ3v) is 8.10. The molecule has 6 rings (SSSR count). The van der Waals surface area contributed by atoms with Crippen molar-refractivity contribution in [3.63, 3.8) is 0 Å². The van der Waals surface area contributed by atoms with Crippen molar-refractivity contribution in [1.29, 1.82) is 0 Å². The van der Waals surface area contributed by atoms with Gasteiger partial charge in [0.25, 0.3) is 0 Å². The van der Waals surface area contributed by atoms with E-state index in [4.69, 9.17) is 13.4 Å². The molecule has 1 saturated heterocycles. The van der Waals surface area contributed by atoms with Crippen LogP contribution in [0.15, 0.2) is 60.8 Å². The molecule has 2 heterocycles. The average Bonchev–Trinajstić information content (AvgIpc) is 3.39. The van der Waals surface area contributed by atoms with Gasteiger partial charge in [0.05, 0.1) is 11.2 Å². The van der Waals surface area contributed by atoms with Gasteiger partial charge in [-0.15, -0.1) is 0 Å². The van der Waals surface area contributed by atoms with E-state index in [1.165, 1.54) is 67.4 Å². The van der Waals surface area contributed by atoms with Gasteiger partial charge in [-0.2, -0.15) is 0 Å². The summed E-state index contributed by atoms with van der Waals surface area (Å²) in [4.78, 5) is 12.3. The van der Waals surface area contributed by atoms with Crippen molar-refractivity contribution in [1.82, 2.24) is 14.9 Å². The Hall–Kier alpha value is -3.53. The molecule has 1 atom stereocenters. The lowest BCUT2D eigenvalue weighted by Gasteiger charge is -2.25. The molecule has 1 aliphatic carbocycles. The fourth-order valence-electron chi connectivity index (χ4n) is 5.82. The molecule has 0 amide bonds. The first-order valence-corrected chi connectivity index (χ1v) is 15.2. The van der Waals surface area contributed by atoms with Gasteiger partial charge < -0.3 is 15.5 Å². The van der Waals surface area contributed by atoms with E-state index >= 15 is 0 Å². The monoisotopic (exact) mass is 558 g/mol. The predicted octanol–water partition coefficient (Wildman–Crippen LogP) is 5.55.